The number of carbonyl (C=O) groups is 2. The second-order valence-electron chi connectivity index (χ2n) is 4.59. The molecule has 0 bridgehead atoms. The zero-order valence-electron chi connectivity index (χ0n) is 10.7. The highest BCUT2D eigenvalue weighted by Gasteiger charge is 2.44. The summed E-state index contributed by atoms with van der Waals surface area (Å²) in [5, 5.41) is 18.3. The predicted molar refractivity (Wildman–Crippen MR) is 65.7 cm³/mol. The molecule has 1 aliphatic carbocycles. The van der Waals surface area contributed by atoms with Crippen molar-refractivity contribution in [2.45, 2.75) is 6.42 Å². The molecule has 2 N–H and O–H groups in total. The average molecular weight is 267 g/mol. The third-order valence-corrected chi connectivity index (χ3v) is 3.62. The molecule has 0 aromatic rings. The van der Waals surface area contributed by atoms with Gasteiger partial charge in [0.1, 0.15) is 0 Å². The molecule has 0 aromatic carbocycles. The van der Waals surface area contributed by atoms with E-state index >= 15 is 0 Å². The van der Waals surface area contributed by atoms with E-state index in [0.29, 0.717) is 17.6 Å². The fraction of sp³-hybridized carbons (Fsp3) is 0.538. The first kappa shape index (κ1) is 13.8. The highest BCUT2D eigenvalue weighted by atomic mass is 16.5. The summed E-state index contributed by atoms with van der Waals surface area (Å²) in [7, 11) is 1.29. The van der Waals surface area contributed by atoms with Crippen LogP contribution < -0.4 is 0 Å². The summed E-state index contributed by atoms with van der Waals surface area (Å²) in [6.07, 6.45) is 3.80. The minimum absolute atomic E-state index is 0.126. The fourth-order valence-corrected chi connectivity index (χ4v) is 2.71. The summed E-state index contributed by atoms with van der Waals surface area (Å²) in [5.74, 6) is -1.45. The van der Waals surface area contributed by atoms with E-state index in [0.717, 1.165) is 0 Å². The van der Waals surface area contributed by atoms with Gasteiger partial charge in [0.05, 0.1) is 31.8 Å². The molecule has 0 fully saturated rings. The Balaban J connectivity index is 2.37. The zero-order valence-corrected chi connectivity index (χ0v) is 10.7. The van der Waals surface area contributed by atoms with Gasteiger partial charge in [0.15, 0.2) is 0 Å². The van der Waals surface area contributed by atoms with Gasteiger partial charge < -0.3 is 19.8 Å². The van der Waals surface area contributed by atoms with Gasteiger partial charge in [-0.15, -0.1) is 0 Å². The van der Waals surface area contributed by atoms with Crippen LogP contribution in [0, 0.1) is 11.8 Å². The molecule has 0 saturated heterocycles. The Labute approximate surface area is 111 Å². The number of hydrogen-bond acceptors (Lipinski definition) is 5. The molecule has 0 unspecified atom stereocenters. The second kappa shape index (κ2) is 5.54. The first-order valence-corrected chi connectivity index (χ1v) is 6.15. The van der Waals surface area contributed by atoms with Gasteiger partial charge in [0.25, 0.3) is 0 Å². The molecule has 0 saturated carbocycles. The summed E-state index contributed by atoms with van der Waals surface area (Å²) in [4.78, 5) is 25.4. The van der Waals surface area contributed by atoms with E-state index in [1.807, 2.05) is 0 Å². The molecule has 6 nitrogen and oxygen atoms in total. The number of β-amino-alcohol motifs (C(OH)–C–C–N with tert-alkyl or cyclic N) is 1. The van der Waals surface area contributed by atoms with Crippen LogP contribution in [0.25, 0.3) is 0 Å². The maximum absolute atomic E-state index is 12.3. The molecule has 0 aromatic heterocycles. The quantitative estimate of drug-likeness (QED) is 0.526. The molecule has 0 radical (unpaired) electrons. The van der Waals surface area contributed by atoms with Crippen LogP contribution in [0.3, 0.4) is 0 Å². The van der Waals surface area contributed by atoms with Crippen molar-refractivity contribution in [1.29, 1.82) is 0 Å². The van der Waals surface area contributed by atoms with E-state index in [1.165, 1.54) is 18.2 Å². The Morgan fingerprint density at radius 2 is 2.26 bits per heavy atom. The zero-order chi connectivity index (χ0) is 14.0. The molecule has 2 rings (SSSR count). The van der Waals surface area contributed by atoms with Crippen LogP contribution in [0.1, 0.15) is 6.42 Å². The monoisotopic (exact) mass is 267 g/mol. The summed E-state index contributed by atoms with van der Waals surface area (Å²) in [5.41, 5.74) is 1.05. The highest BCUT2D eigenvalue weighted by molar-refractivity contribution is 5.95. The van der Waals surface area contributed by atoms with Crippen LogP contribution in [0.5, 0.6) is 0 Å². The van der Waals surface area contributed by atoms with Crippen LogP contribution in [-0.4, -0.2) is 53.9 Å². The fourth-order valence-electron chi connectivity index (χ4n) is 2.71. The predicted octanol–water partition coefficient (Wildman–Crippen LogP) is -0.567. The Kier molecular flexibility index (Phi) is 4.01. The van der Waals surface area contributed by atoms with Gasteiger partial charge in [0, 0.05) is 18.7 Å². The lowest BCUT2D eigenvalue weighted by atomic mass is 9.82. The van der Waals surface area contributed by atoms with E-state index < -0.39 is 11.9 Å². The standard InChI is InChI=1S/C13H17NO5/c1-19-13(18)10-6-14(4-5-15)12(17)11-8(7-16)2-3-9(10)11/h2,6,9,11,15-16H,3-5,7H2,1H3/t9-,11-/m1/s1. The lowest BCUT2D eigenvalue weighted by molar-refractivity contribution is -0.139. The van der Waals surface area contributed by atoms with Gasteiger partial charge in [-0.2, -0.15) is 0 Å². The van der Waals surface area contributed by atoms with Crippen LogP contribution in [0.15, 0.2) is 23.4 Å². The minimum Gasteiger partial charge on any atom is -0.466 e. The molecule has 2 atom stereocenters. The van der Waals surface area contributed by atoms with Crippen molar-refractivity contribution >= 4 is 11.9 Å². The van der Waals surface area contributed by atoms with Crippen molar-refractivity contribution in [3.8, 4) is 0 Å². The number of aliphatic hydroxyl groups excluding tert-OH is 2. The topological polar surface area (TPSA) is 87.1 Å². The van der Waals surface area contributed by atoms with Crippen molar-refractivity contribution in [2.75, 3.05) is 26.9 Å². The normalized spacial score (nSPS) is 25.8. The number of nitrogens with zero attached hydrogens (tertiary/aromatic N) is 1. The lowest BCUT2D eigenvalue weighted by Gasteiger charge is -2.33. The van der Waals surface area contributed by atoms with Gasteiger partial charge >= 0.3 is 5.97 Å². The minimum atomic E-state index is -0.518. The SMILES string of the molecule is COC(=O)C1=CN(CCO)C(=O)[C@@H]2C(CO)=CC[C@H]12. The summed E-state index contributed by atoms with van der Waals surface area (Å²) >= 11 is 0. The Morgan fingerprint density at radius 1 is 1.53 bits per heavy atom. The Hall–Kier alpha value is -1.66. The second-order valence-corrected chi connectivity index (χ2v) is 4.59. The van der Waals surface area contributed by atoms with E-state index in [1.54, 1.807) is 6.08 Å². The number of carbonyl (C=O) groups excluding carboxylic acids is 2. The number of allylic oxidation sites excluding steroid dienone is 1. The Morgan fingerprint density at radius 3 is 2.84 bits per heavy atom. The number of ether oxygens (including phenoxy) is 1. The van der Waals surface area contributed by atoms with E-state index in [9.17, 15) is 14.7 Å². The van der Waals surface area contributed by atoms with E-state index in [4.69, 9.17) is 9.84 Å². The van der Waals surface area contributed by atoms with Gasteiger partial charge in [-0.3, -0.25) is 4.79 Å². The van der Waals surface area contributed by atoms with E-state index in [2.05, 4.69) is 0 Å². The number of aliphatic hydroxyl groups is 2. The van der Waals surface area contributed by atoms with Crippen molar-refractivity contribution in [3.63, 3.8) is 0 Å². The summed E-state index contributed by atoms with van der Waals surface area (Å²) in [6, 6.07) is 0. The summed E-state index contributed by atoms with van der Waals surface area (Å²) in [6.45, 7) is -0.262. The van der Waals surface area contributed by atoms with Crippen molar-refractivity contribution in [1.82, 2.24) is 4.90 Å². The molecule has 6 heteroatoms. The molecule has 1 amide bonds. The number of rotatable bonds is 4. The maximum atomic E-state index is 12.3. The summed E-state index contributed by atoms with van der Waals surface area (Å²) < 4.78 is 4.74. The molecule has 1 heterocycles. The molecule has 104 valence electrons. The molecule has 0 spiro atoms. The average Bonchev–Trinajstić information content (AvgIpc) is 2.85. The van der Waals surface area contributed by atoms with E-state index in [-0.39, 0.29) is 31.6 Å². The van der Waals surface area contributed by atoms with Gasteiger partial charge in [-0.05, 0) is 12.0 Å². The van der Waals surface area contributed by atoms with Crippen LogP contribution in [0.2, 0.25) is 0 Å². The molecule has 1 aliphatic heterocycles. The Bertz CT molecular complexity index is 454. The number of esters is 1. The van der Waals surface area contributed by atoms with Crippen molar-refractivity contribution in [2.24, 2.45) is 11.8 Å². The van der Waals surface area contributed by atoms with Crippen LogP contribution >= 0.6 is 0 Å². The van der Waals surface area contributed by atoms with Crippen LogP contribution in [-0.2, 0) is 14.3 Å². The van der Waals surface area contributed by atoms with Crippen molar-refractivity contribution < 1.29 is 24.5 Å². The number of amides is 1. The van der Waals surface area contributed by atoms with Crippen LogP contribution in [0.4, 0.5) is 0 Å². The molecule has 2 aliphatic rings. The maximum Gasteiger partial charge on any atom is 0.335 e. The molecular formula is C13H17NO5. The first-order valence-electron chi connectivity index (χ1n) is 6.15. The van der Waals surface area contributed by atoms with Gasteiger partial charge in [0.2, 0.25) is 5.91 Å². The third kappa shape index (κ3) is 2.29. The lowest BCUT2D eigenvalue weighted by Crippen LogP contribution is -2.43. The molecular weight excluding hydrogens is 250 g/mol. The van der Waals surface area contributed by atoms with Gasteiger partial charge in [-0.1, -0.05) is 6.08 Å². The largest absolute Gasteiger partial charge is 0.466 e. The third-order valence-electron chi connectivity index (χ3n) is 3.62. The number of fused-ring (bicyclic) bond motifs is 1. The van der Waals surface area contributed by atoms with Crippen molar-refractivity contribution in [3.05, 3.63) is 23.4 Å². The van der Waals surface area contributed by atoms with Gasteiger partial charge in [-0.25, -0.2) is 4.79 Å². The smallest absolute Gasteiger partial charge is 0.335 e. The number of hydrogen-bond donors (Lipinski definition) is 2. The molecule has 19 heavy (non-hydrogen) atoms. The highest BCUT2D eigenvalue weighted by Crippen LogP contribution is 2.41. The number of methoxy groups -OCH3 is 1. The first-order chi connectivity index (χ1) is 9.13.